The molecule has 0 aliphatic rings. The van der Waals surface area contributed by atoms with Crippen molar-refractivity contribution in [1.82, 2.24) is 20.1 Å². The highest BCUT2D eigenvalue weighted by atomic mass is 16.1. The van der Waals surface area contributed by atoms with Gasteiger partial charge >= 0.3 is 0 Å². The van der Waals surface area contributed by atoms with Crippen molar-refractivity contribution < 1.29 is 4.79 Å². The predicted octanol–water partition coefficient (Wildman–Crippen LogP) is 2.32. The minimum absolute atomic E-state index is 0.00253. The summed E-state index contributed by atoms with van der Waals surface area (Å²) >= 11 is 0. The minimum atomic E-state index is 0.00253. The Balaban J connectivity index is 1.97. The van der Waals surface area contributed by atoms with Crippen LogP contribution in [0.2, 0.25) is 0 Å². The van der Waals surface area contributed by atoms with Gasteiger partial charge in [-0.2, -0.15) is 5.10 Å². The van der Waals surface area contributed by atoms with Gasteiger partial charge in [0.1, 0.15) is 0 Å². The first kappa shape index (κ1) is 14.2. The topological polar surface area (TPSA) is 59.8 Å². The highest BCUT2D eigenvalue weighted by molar-refractivity contribution is 5.76. The van der Waals surface area contributed by atoms with Crippen molar-refractivity contribution in [2.75, 3.05) is 0 Å². The van der Waals surface area contributed by atoms with E-state index in [1.807, 2.05) is 24.4 Å². The van der Waals surface area contributed by atoms with Gasteiger partial charge in [0.2, 0.25) is 5.91 Å². The number of hydrogen-bond donors (Lipinski definition) is 1. The fourth-order valence-corrected chi connectivity index (χ4v) is 1.84. The number of rotatable bonds is 4. The average Bonchev–Trinajstić information content (AvgIpc) is 2.88. The van der Waals surface area contributed by atoms with E-state index in [2.05, 4.69) is 36.2 Å². The summed E-state index contributed by atoms with van der Waals surface area (Å²) in [4.78, 5) is 16.1. The Morgan fingerprint density at radius 3 is 2.80 bits per heavy atom. The van der Waals surface area contributed by atoms with Gasteiger partial charge in [-0.25, -0.2) is 9.67 Å². The van der Waals surface area contributed by atoms with Gasteiger partial charge in [-0.3, -0.25) is 4.79 Å². The lowest BCUT2D eigenvalue weighted by Gasteiger charge is -2.17. The number of carbonyl (C=O) groups is 1. The highest BCUT2D eigenvalue weighted by Crippen LogP contribution is 2.18. The summed E-state index contributed by atoms with van der Waals surface area (Å²) in [6.07, 6.45) is 5.79. The summed E-state index contributed by atoms with van der Waals surface area (Å²) in [7, 11) is 0. The molecule has 5 nitrogen and oxygen atoms in total. The molecule has 0 aromatic carbocycles. The van der Waals surface area contributed by atoms with Crippen LogP contribution in [0.25, 0.3) is 5.82 Å². The van der Waals surface area contributed by atoms with Crippen LogP contribution in [0.5, 0.6) is 0 Å². The molecule has 2 heterocycles. The summed E-state index contributed by atoms with van der Waals surface area (Å²) in [6.45, 7) is 6.66. The molecule has 0 bridgehead atoms. The fraction of sp³-hybridized carbons (Fsp3) is 0.400. The summed E-state index contributed by atoms with van der Waals surface area (Å²) in [5.74, 6) is 0.813. The molecule has 0 fully saturated rings. The molecule has 0 unspecified atom stereocenters. The summed E-state index contributed by atoms with van der Waals surface area (Å²) in [5, 5.41) is 7.07. The Hall–Kier alpha value is -2.17. The van der Waals surface area contributed by atoms with Gasteiger partial charge in [-0.05, 0) is 29.2 Å². The summed E-state index contributed by atoms with van der Waals surface area (Å²) in [6, 6.07) is 5.66. The molecule has 0 spiro atoms. The van der Waals surface area contributed by atoms with Crippen molar-refractivity contribution >= 4 is 5.91 Å². The quantitative estimate of drug-likeness (QED) is 0.929. The van der Waals surface area contributed by atoms with E-state index in [1.54, 1.807) is 17.1 Å². The maximum absolute atomic E-state index is 11.8. The second-order valence-electron chi connectivity index (χ2n) is 5.99. The number of aromatic nitrogens is 3. The SMILES string of the molecule is CC(C)(C)CC(=O)NCc1ccnc(-n2cccn2)c1. The van der Waals surface area contributed by atoms with Crippen LogP contribution in [-0.2, 0) is 11.3 Å². The molecular formula is C15H20N4O. The largest absolute Gasteiger partial charge is 0.352 e. The third kappa shape index (κ3) is 4.19. The maximum Gasteiger partial charge on any atom is 0.220 e. The van der Waals surface area contributed by atoms with Crippen LogP contribution < -0.4 is 5.32 Å². The number of hydrogen-bond acceptors (Lipinski definition) is 3. The molecule has 2 rings (SSSR count). The first-order valence-corrected chi connectivity index (χ1v) is 6.66. The van der Waals surface area contributed by atoms with E-state index < -0.39 is 0 Å². The fourth-order valence-electron chi connectivity index (χ4n) is 1.84. The van der Waals surface area contributed by atoms with E-state index in [0.717, 1.165) is 11.4 Å². The maximum atomic E-state index is 11.8. The van der Waals surface area contributed by atoms with Gasteiger partial charge in [-0.1, -0.05) is 20.8 Å². The van der Waals surface area contributed by atoms with Crippen LogP contribution in [0.4, 0.5) is 0 Å². The van der Waals surface area contributed by atoms with E-state index in [4.69, 9.17) is 0 Å². The number of nitrogens with one attached hydrogen (secondary N) is 1. The highest BCUT2D eigenvalue weighted by Gasteiger charge is 2.15. The lowest BCUT2D eigenvalue weighted by Crippen LogP contribution is -2.27. The summed E-state index contributed by atoms with van der Waals surface area (Å²) < 4.78 is 1.69. The zero-order valence-electron chi connectivity index (χ0n) is 12.1. The molecule has 2 aromatic heterocycles. The lowest BCUT2D eigenvalue weighted by atomic mass is 9.92. The van der Waals surface area contributed by atoms with Gasteiger partial charge in [0.25, 0.3) is 0 Å². The van der Waals surface area contributed by atoms with Crippen LogP contribution >= 0.6 is 0 Å². The molecule has 0 saturated heterocycles. The molecule has 5 heteroatoms. The van der Waals surface area contributed by atoms with E-state index in [9.17, 15) is 4.79 Å². The molecule has 0 atom stereocenters. The molecular weight excluding hydrogens is 252 g/mol. The van der Waals surface area contributed by atoms with Crippen LogP contribution in [0.1, 0.15) is 32.8 Å². The molecule has 106 valence electrons. The van der Waals surface area contributed by atoms with Gasteiger partial charge in [-0.15, -0.1) is 0 Å². The number of carbonyl (C=O) groups excluding carboxylic acids is 1. The second-order valence-corrected chi connectivity index (χ2v) is 5.99. The Labute approximate surface area is 119 Å². The van der Waals surface area contributed by atoms with Gasteiger partial charge in [0.15, 0.2) is 5.82 Å². The molecule has 1 amide bonds. The predicted molar refractivity (Wildman–Crippen MR) is 77.3 cm³/mol. The van der Waals surface area contributed by atoms with Crippen LogP contribution in [-0.4, -0.2) is 20.7 Å². The third-order valence-corrected chi connectivity index (χ3v) is 2.73. The molecule has 20 heavy (non-hydrogen) atoms. The average molecular weight is 272 g/mol. The number of nitrogens with zero attached hydrogens (tertiary/aromatic N) is 3. The monoisotopic (exact) mass is 272 g/mol. The molecule has 0 saturated carbocycles. The Morgan fingerprint density at radius 2 is 2.15 bits per heavy atom. The minimum Gasteiger partial charge on any atom is -0.352 e. The molecule has 1 N–H and O–H groups in total. The van der Waals surface area contributed by atoms with E-state index in [0.29, 0.717) is 13.0 Å². The Kier molecular flexibility index (Phi) is 4.17. The van der Waals surface area contributed by atoms with Gasteiger partial charge in [0, 0.05) is 31.6 Å². The molecule has 2 aromatic rings. The summed E-state index contributed by atoms with van der Waals surface area (Å²) in [5.41, 5.74) is 1.01. The van der Waals surface area contributed by atoms with Gasteiger partial charge < -0.3 is 5.32 Å². The van der Waals surface area contributed by atoms with Crippen molar-refractivity contribution in [3.05, 3.63) is 42.4 Å². The zero-order valence-corrected chi connectivity index (χ0v) is 12.1. The van der Waals surface area contributed by atoms with E-state index in [1.165, 1.54) is 0 Å². The Bertz CT molecular complexity index is 570. The van der Waals surface area contributed by atoms with Crippen LogP contribution in [0.15, 0.2) is 36.8 Å². The smallest absolute Gasteiger partial charge is 0.220 e. The second kappa shape index (κ2) is 5.86. The third-order valence-electron chi connectivity index (χ3n) is 2.73. The molecule has 0 aliphatic carbocycles. The van der Waals surface area contributed by atoms with Crippen LogP contribution in [0.3, 0.4) is 0 Å². The first-order valence-electron chi connectivity index (χ1n) is 6.66. The normalized spacial score (nSPS) is 11.3. The van der Waals surface area contributed by atoms with E-state index >= 15 is 0 Å². The standard InChI is InChI=1S/C15H20N4O/c1-15(2,3)10-14(20)17-11-12-5-7-16-13(9-12)19-8-4-6-18-19/h4-9H,10-11H2,1-3H3,(H,17,20). The van der Waals surface area contributed by atoms with Crippen molar-refractivity contribution in [3.63, 3.8) is 0 Å². The molecule has 0 aliphatic heterocycles. The van der Waals surface area contributed by atoms with Gasteiger partial charge in [0.05, 0.1) is 0 Å². The first-order chi connectivity index (χ1) is 9.44. The van der Waals surface area contributed by atoms with Crippen molar-refractivity contribution in [3.8, 4) is 5.82 Å². The number of amides is 1. The van der Waals surface area contributed by atoms with E-state index in [-0.39, 0.29) is 11.3 Å². The zero-order chi connectivity index (χ0) is 14.6. The van der Waals surface area contributed by atoms with Crippen LogP contribution in [0, 0.1) is 5.41 Å². The lowest BCUT2D eigenvalue weighted by molar-refractivity contribution is -0.122. The molecule has 0 radical (unpaired) electrons. The number of pyridine rings is 1. The van der Waals surface area contributed by atoms with Crippen molar-refractivity contribution in [2.24, 2.45) is 5.41 Å². The van der Waals surface area contributed by atoms with Crippen molar-refractivity contribution in [2.45, 2.75) is 33.7 Å². The Morgan fingerprint density at radius 1 is 1.35 bits per heavy atom. The van der Waals surface area contributed by atoms with Crippen molar-refractivity contribution in [1.29, 1.82) is 0 Å².